The fourth-order valence-electron chi connectivity index (χ4n) is 2.45. The zero-order valence-corrected chi connectivity index (χ0v) is 18.6. The van der Waals surface area contributed by atoms with E-state index in [4.69, 9.17) is 0 Å². The van der Waals surface area contributed by atoms with Gasteiger partial charge in [-0.05, 0) is 69.7 Å². The molecule has 0 aromatic heterocycles. The highest BCUT2D eigenvalue weighted by Crippen LogP contribution is 2.35. The van der Waals surface area contributed by atoms with Crippen LogP contribution in [0.4, 0.5) is 0 Å². The van der Waals surface area contributed by atoms with E-state index in [0.29, 0.717) is 0 Å². The van der Waals surface area contributed by atoms with Crippen molar-refractivity contribution in [3.05, 3.63) is 31.2 Å². The summed E-state index contributed by atoms with van der Waals surface area (Å²) >= 11 is 7.43. The summed E-state index contributed by atoms with van der Waals surface area (Å²) in [4.78, 5) is 0. The minimum absolute atomic E-state index is 0.968. The van der Waals surface area contributed by atoms with E-state index in [1.807, 2.05) is 0 Å². The highest BCUT2D eigenvalue weighted by molar-refractivity contribution is 9.13. The van der Waals surface area contributed by atoms with Crippen LogP contribution < -0.4 is 0 Å². The second-order valence-corrected chi connectivity index (χ2v) is 7.73. The Morgan fingerprint density at radius 3 is 1.38 bits per heavy atom. The van der Waals surface area contributed by atoms with Crippen molar-refractivity contribution in [2.75, 3.05) is 0 Å². The minimum atomic E-state index is 0.968. The molecule has 0 saturated carbocycles. The van der Waals surface area contributed by atoms with Gasteiger partial charge in [0.15, 0.2) is 0 Å². The lowest BCUT2D eigenvalue weighted by Crippen LogP contribution is -1.96. The molecule has 0 spiro atoms. The molecule has 130 valence electrons. The van der Waals surface area contributed by atoms with E-state index in [9.17, 15) is 0 Å². The summed E-state index contributed by atoms with van der Waals surface area (Å²) in [6.45, 7) is 8.73. The Morgan fingerprint density at radius 1 is 0.667 bits per heavy atom. The van der Waals surface area contributed by atoms with Gasteiger partial charge < -0.3 is 0 Å². The van der Waals surface area contributed by atoms with Crippen molar-refractivity contribution >= 4 is 31.9 Å². The van der Waals surface area contributed by atoms with E-state index in [1.165, 1.54) is 49.7 Å². The van der Waals surface area contributed by atoms with Crippen LogP contribution in [0.2, 0.25) is 0 Å². The van der Waals surface area contributed by atoms with Crippen LogP contribution in [0.5, 0.6) is 0 Å². The molecule has 0 heterocycles. The standard InChI is InChI=1S/C22H28Br2/c1-5-7-9-11-13-15-19-17(3)18(4)20(22(24)21(19)23)16-14-12-10-8-6-2/h5-12H2,1-4H3. The number of unbranched alkanes of at least 4 members (excludes halogenated alkanes) is 6. The quantitative estimate of drug-likeness (QED) is 0.307. The Kier molecular flexibility index (Phi) is 10.5. The smallest absolute Gasteiger partial charge is 0.0489 e. The van der Waals surface area contributed by atoms with Gasteiger partial charge in [0.05, 0.1) is 0 Å². The molecule has 1 aromatic rings. The molecule has 0 N–H and O–H groups in total. The molecule has 24 heavy (non-hydrogen) atoms. The molecule has 1 rings (SSSR count). The van der Waals surface area contributed by atoms with Crippen LogP contribution in [0.15, 0.2) is 8.95 Å². The molecule has 0 saturated heterocycles. The van der Waals surface area contributed by atoms with Gasteiger partial charge in [-0.1, -0.05) is 63.2 Å². The molecule has 0 radical (unpaired) electrons. The maximum absolute atomic E-state index is 3.72. The first-order valence-corrected chi connectivity index (χ1v) is 10.6. The van der Waals surface area contributed by atoms with Gasteiger partial charge in [0.2, 0.25) is 0 Å². The van der Waals surface area contributed by atoms with Crippen LogP contribution in [-0.4, -0.2) is 0 Å². The average Bonchev–Trinajstić information content (AvgIpc) is 2.58. The van der Waals surface area contributed by atoms with Crippen molar-refractivity contribution < 1.29 is 0 Å². The van der Waals surface area contributed by atoms with Gasteiger partial charge in [-0.15, -0.1) is 0 Å². The Bertz CT molecular complexity index is 575. The molecule has 0 aliphatic carbocycles. The third-order valence-corrected chi connectivity index (χ3v) is 6.30. The zero-order chi connectivity index (χ0) is 17.9. The van der Waals surface area contributed by atoms with Gasteiger partial charge in [0.25, 0.3) is 0 Å². The maximum atomic E-state index is 3.72. The fourth-order valence-corrected chi connectivity index (χ4v) is 3.64. The topological polar surface area (TPSA) is 0 Å². The summed E-state index contributed by atoms with van der Waals surface area (Å²) in [5, 5.41) is 0. The lowest BCUT2D eigenvalue weighted by Gasteiger charge is -2.12. The first-order chi connectivity index (χ1) is 11.5. The fraction of sp³-hybridized carbons (Fsp3) is 0.545. The Hall–Kier alpha value is -0.700. The normalized spacial score (nSPS) is 9.92. The molecule has 0 amide bonds. The predicted octanol–water partition coefficient (Wildman–Crippen LogP) is 7.69. The number of hydrogen-bond acceptors (Lipinski definition) is 0. The lowest BCUT2D eigenvalue weighted by atomic mass is 9.98. The van der Waals surface area contributed by atoms with Crippen LogP contribution in [0.25, 0.3) is 0 Å². The molecule has 0 unspecified atom stereocenters. The number of rotatable bonds is 6. The van der Waals surface area contributed by atoms with Crippen molar-refractivity contribution in [1.29, 1.82) is 0 Å². The second kappa shape index (κ2) is 11.8. The predicted molar refractivity (Wildman–Crippen MR) is 113 cm³/mol. The Morgan fingerprint density at radius 2 is 1.04 bits per heavy atom. The molecule has 0 atom stereocenters. The van der Waals surface area contributed by atoms with Crippen molar-refractivity contribution in [2.24, 2.45) is 0 Å². The van der Waals surface area contributed by atoms with Crippen molar-refractivity contribution in [2.45, 2.75) is 79.1 Å². The number of benzene rings is 1. The van der Waals surface area contributed by atoms with Gasteiger partial charge >= 0.3 is 0 Å². The van der Waals surface area contributed by atoms with Crippen LogP contribution in [-0.2, 0) is 0 Å². The zero-order valence-electron chi connectivity index (χ0n) is 15.4. The molecule has 2 heteroatoms. The van der Waals surface area contributed by atoms with Crippen LogP contribution in [0.1, 0.15) is 87.5 Å². The average molecular weight is 452 g/mol. The highest BCUT2D eigenvalue weighted by atomic mass is 79.9. The van der Waals surface area contributed by atoms with Gasteiger partial charge in [0.1, 0.15) is 0 Å². The van der Waals surface area contributed by atoms with Gasteiger partial charge in [0, 0.05) is 32.9 Å². The summed E-state index contributed by atoms with van der Waals surface area (Å²) in [7, 11) is 0. The molecule has 0 aliphatic rings. The van der Waals surface area contributed by atoms with Crippen LogP contribution in [0.3, 0.4) is 0 Å². The second-order valence-electron chi connectivity index (χ2n) is 6.15. The molecule has 0 fully saturated rings. The van der Waals surface area contributed by atoms with Crippen LogP contribution in [0, 0.1) is 37.5 Å². The Labute approximate surface area is 165 Å². The van der Waals surface area contributed by atoms with Gasteiger partial charge in [-0.2, -0.15) is 0 Å². The molecular weight excluding hydrogens is 424 g/mol. The summed E-state index contributed by atoms with van der Waals surface area (Å²) in [5.41, 5.74) is 4.64. The van der Waals surface area contributed by atoms with E-state index in [0.717, 1.165) is 32.9 Å². The van der Waals surface area contributed by atoms with E-state index in [2.05, 4.69) is 83.2 Å². The number of hydrogen-bond donors (Lipinski definition) is 0. The van der Waals surface area contributed by atoms with E-state index < -0.39 is 0 Å². The third-order valence-electron chi connectivity index (χ3n) is 4.18. The van der Waals surface area contributed by atoms with Gasteiger partial charge in [-0.25, -0.2) is 0 Å². The molecular formula is C22H28Br2. The molecule has 0 nitrogen and oxygen atoms in total. The van der Waals surface area contributed by atoms with Crippen LogP contribution >= 0.6 is 31.9 Å². The van der Waals surface area contributed by atoms with Crippen molar-refractivity contribution in [1.82, 2.24) is 0 Å². The first kappa shape index (κ1) is 21.3. The number of halogens is 2. The summed E-state index contributed by atoms with van der Waals surface area (Å²) in [5.74, 6) is 13.4. The molecule has 0 aliphatic heterocycles. The monoisotopic (exact) mass is 450 g/mol. The molecule has 0 bridgehead atoms. The third kappa shape index (κ3) is 6.31. The van der Waals surface area contributed by atoms with Gasteiger partial charge in [-0.3, -0.25) is 0 Å². The lowest BCUT2D eigenvalue weighted by molar-refractivity contribution is 0.737. The van der Waals surface area contributed by atoms with E-state index in [-0.39, 0.29) is 0 Å². The largest absolute Gasteiger partial charge is 0.0978 e. The maximum Gasteiger partial charge on any atom is 0.0489 e. The highest BCUT2D eigenvalue weighted by Gasteiger charge is 2.14. The summed E-state index contributed by atoms with van der Waals surface area (Å²) in [6, 6.07) is 0. The van der Waals surface area contributed by atoms with E-state index >= 15 is 0 Å². The SMILES string of the molecule is CCCCCC#Cc1c(C)c(C)c(C#CCCCCC)c(Br)c1Br. The Balaban J connectivity index is 3.03. The molecule has 1 aromatic carbocycles. The minimum Gasteiger partial charge on any atom is -0.0978 e. The van der Waals surface area contributed by atoms with Crippen molar-refractivity contribution in [3.63, 3.8) is 0 Å². The summed E-state index contributed by atoms with van der Waals surface area (Å²) in [6.07, 6.45) is 9.28. The van der Waals surface area contributed by atoms with Crippen molar-refractivity contribution in [3.8, 4) is 23.7 Å². The first-order valence-electron chi connectivity index (χ1n) is 9.00. The summed E-state index contributed by atoms with van der Waals surface area (Å²) < 4.78 is 2.07. The van der Waals surface area contributed by atoms with E-state index in [1.54, 1.807) is 0 Å².